The lowest BCUT2D eigenvalue weighted by Crippen LogP contribution is -2.43. The van der Waals surface area contributed by atoms with Crippen LogP contribution in [0.5, 0.6) is 0 Å². The van der Waals surface area contributed by atoms with Gasteiger partial charge in [0.15, 0.2) is 11.8 Å². The van der Waals surface area contributed by atoms with Gasteiger partial charge in [0.2, 0.25) is 0 Å². The standard InChI is InChI=1S/C15H23N5O2S.HI/c16-15(20-5-7-23-8-6-20)17-9-11-3-4-12(21-11)14-18-13(19-22-14)10-1-2-10;/h10-12H,1-9H2,(H2,16,17);1H/t11-,12+;/m1./s1. The van der Waals surface area contributed by atoms with Crippen LogP contribution in [0, 0.1) is 0 Å². The summed E-state index contributed by atoms with van der Waals surface area (Å²) in [6.45, 7) is 2.58. The topological polar surface area (TPSA) is 89.8 Å². The third-order valence-electron chi connectivity index (χ3n) is 4.57. The maximum Gasteiger partial charge on any atom is 0.255 e. The van der Waals surface area contributed by atoms with Crippen molar-refractivity contribution in [1.29, 1.82) is 0 Å². The minimum absolute atomic E-state index is 0. The molecule has 0 radical (unpaired) electrons. The Hall–Kier alpha value is -0.550. The van der Waals surface area contributed by atoms with Gasteiger partial charge in [-0.2, -0.15) is 16.7 Å². The zero-order valence-corrected chi connectivity index (χ0v) is 16.7. The average Bonchev–Trinajstić information content (AvgIpc) is 3.13. The van der Waals surface area contributed by atoms with Gasteiger partial charge in [-0.15, -0.1) is 24.0 Å². The smallest absolute Gasteiger partial charge is 0.255 e. The number of rotatable bonds is 4. The number of guanidine groups is 1. The number of nitrogens with zero attached hydrogens (tertiary/aromatic N) is 4. The van der Waals surface area contributed by atoms with Gasteiger partial charge in [-0.25, -0.2) is 0 Å². The van der Waals surface area contributed by atoms with E-state index in [1.165, 1.54) is 12.8 Å². The van der Waals surface area contributed by atoms with Crippen LogP contribution < -0.4 is 5.73 Å². The summed E-state index contributed by atoms with van der Waals surface area (Å²) in [5, 5.41) is 4.06. The van der Waals surface area contributed by atoms with Crippen molar-refractivity contribution in [2.24, 2.45) is 10.7 Å². The van der Waals surface area contributed by atoms with Crippen LogP contribution in [0.4, 0.5) is 0 Å². The Labute approximate surface area is 163 Å². The summed E-state index contributed by atoms with van der Waals surface area (Å²) in [7, 11) is 0. The molecule has 0 spiro atoms. The van der Waals surface area contributed by atoms with Crippen molar-refractivity contribution in [2.45, 2.75) is 43.8 Å². The molecule has 9 heteroatoms. The second-order valence-corrected chi connectivity index (χ2v) is 7.61. The molecule has 7 nitrogen and oxygen atoms in total. The third kappa shape index (κ3) is 4.34. The van der Waals surface area contributed by atoms with Gasteiger partial charge in [0.25, 0.3) is 5.89 Å². The van der Waals surface area contributed by atoms with Crippen LogP contribution >= 0.6 is 35.7 Å². The molecular weight excluding hydrogens is 441 g/mol. The molecule has 4 rings (SSSR count). The van der Waals surface area contributed by atoms with E-state index in [0.717, 1.165) is 43.3 Å². The van der Waals surface area contributed by atoms with E-state index in [-0.39, 0.29) is 36.2 Å². The van der Waals surface area contributed by atoms with Gasteiger partial charge in [0.1, 0.15) is 6.10 Å². The molecule has 0 bridgehead atoms. The molecule has 0 unspecified atom stereocenters. The van der Waals surface area contributed by atoms with Crippen molar-refractivity contribution < 1.29 is 9.26 Å². The lowest BCUT2D eigenvalue weighted by molar-refractivity contribution is 0.0308. The Morgan fingerprint density at radius 3 is 2.79 bits per heavy atom. The highest BCUT2D eigenvalue weighted by Crippen LogP contribution is 2.39. The van der Waals surface area contributed by atoms with Crippen LogP contribution in [0.15, 0.2) is 9.52 Å². The van der Waals surface area contributed by atoms with Crippen molar-refractivity contribution in [3.63, 3.8) is 0 Å². The zero-order chi connectivity index (χ0) is 15.6. The normalized spacial score (nSPS) is 28.0. The molecule has 1 aliphatic carbocycles. The maximum atomic E-state index is 6.09. The van der Waals surface area contributed by atoms with E-state index in [4.69, 9.17) is 15.0 Å². The molecule has 0 aromatic carbocycles. The second kappa shape index (κ2) is 8.22. The van der Waals surface area contributed by atoms with Gasteiger partial charge in [0, 0.05) is 30.5 Å². The fraction of sp³-hybridized carbons (Fsp3) is 0.800. The summed E-state index contributed by atoms with van der Waals surface area (Å²) in [6, 6.07) is 0. The molecule has 3 fully saturated rings. The summed E-state index contributed by atoms with van der Waals surface area (Å²) >= 11 is 1.97. The van der Waals surface area contributed by atoms with E-state index in [1.807, 2.05) is 11.8 Å². The number of hydrogen-bond acceptors (Lipinski definition) is 6. The predicted octanol–water partition coefficient (Wildman–Crippen LogP) is 2.15. The maximum absolute atomic E-state index is 6.09. The van der Waals surface area contributed by atoms with E-state index < -0.39 is 0 Å². The molecule has 134 valence electrons. The molecule has 3 heterocycles. The second-order valence-electron chi connectivity index (χ2n) is 6.39. The van der Waals surface area contributed by atoms with Gasteiger partial charge >= 0.3 is 0 Å². The van der Waals surface area contributed by atoms with Crippen LogP contribution in [0.25, 0.3) is 0 Å². The molecule has 2 atom stereocenters. The molecule has 24 heavy (non-hydrogen) atoms. The van der Waals surface area contributed by atoms with Gasteiger partial charge in [0.05, 0.1) is 12.6 Å². The van der Waals surface area contributed by atoms with Gasteiger partial charge < -0.3 is 19.9 Å². The molecule has 0 amide bonds. The Morgan fingerprint density at radius 1 is 1.25 bits per heavy atom. The fourth-order valence-corrected chi connectivity index (χ4v) is 3.90. The molecular formula is C15H24IN5O2S. The highest BCUT2D eigenvalue weighted by Gasteiger charge is 2.34. The molecule has 2 N–H and O–H groups in total. The van der Waals surface area contributed by atoms with Gasteiger partial charge in [-0.3, -0.25) is 4.99 Å². The minimum Gasteiger partial charge on any atom is -0.370 e. The monoisotopic (exact) mass is 465 g/mol. The van der Waals surface area contributed by atoms with Crippen molar-refractivity contribution in [3.05, 3.63) is 11.7 Å². The van der Waals surface area contributed by atoms with Crippen molar-refractivity contribution >= 4 is 41.7 Å². The SMILES string of the molecule is I.NC(=NC[C@H]1CC[C@@H](c2nc(C3CC3)no2)O1)N1CCSCC1. The van der Waals surface area contributed by atoms with Crippen LogP contribution in [-0.2, 0) is 4.74 Å². The molecule has 1 aromatic rings. The summed E-state index contributed by atoms with van der Waals surface area (Å²) in [5.74, 6) is 4.87. The molecule has 1 aromatic heterocycles. The van der Waals surface area contributed by atoms with Crippen LogP contribution in [0.3, 0.4) is 0 Å². The molecule has 2 saturated heterocycles. The largest absolute Gasteiger partial charge is 0.370 e. The van der Waals surface area contributed by atoms with Crippen molar-refractivity contribution in [1.82, 2.24) is 15.0 Å². The lowest BCUT2D eigenvalue weighted by Gasteiger charge is -2.27. The number of aliphatic imine (C=N–C) groups is 1. The summed E-state index contributed by atoms with van der Waals surface area (Å²) in [4.78, 5) is 11.2. The highest BCUT2D eigenvalue weighted by molar-refractivity contribution is 14.0. The van der Waals surface area contributed by atoms with Gasteiger partial charge in [-0.05, 0) is 25.7 Å². The summed E-state index contributed by atoms with van der Waals surface area (Å²) in [6.07, 6.45) is 4.23. The number of aromatic nitrogens is 2. The predicted molar refractivity (Wildman–Crippen MR) is 104 cm³/mol. The van der Waals surface area contributed by atoms with E-state index in [9.17, 15) is 0 Å². The Kier molecular flexibility index (Phi) is 6.25. The number of nitrogens with two attached hydrogens (primary N) is 1. The number of ether oxygens (including phenoxy) is 1. The first-order valence-corrected chi connectivity index (χ1v) is 9.56. The first kappa shape index (κ1) is 18.2. The number of thioether (sulfide) groups is 1. The first-order chi connectivity index (χ1) is 11.3. The third-order valence-corrected chi connectivity index (χ3v) is 5.52. The minimum atomic E-state index is -0.0807. The van der Waals surface area contributed by atoms with E-state index in [1.54, 1.807) is 0 Å². The Morgan fingerprint density at radius 2 is 2.04 bits per heavy atom. The van der Waals surface area contributed by atoms with E-state index in [0.29, 0.717) is 24.3 Å². The average molecular weight is 465 g/mol. The Bertz CT molecular complexity index is 574. The molecule has 2 aliphatic heterocycles. The van der Waals surface area contributed by atoms with E-state index >= 15 is 0 Å². The quantitative estimate of drug-likeness (QED) is 0.414. The molecule has 3 aliphatic rings. The zero-order valence-electron chi connectivity index (χ0n) is 13.6. The summed E-state index contributed by atoms with van der Waals surface area (Å²) < 4.78 is 11.4. The number of halogens is 1. The summed E-state index contributed by atoms with van der Waals surface area (Å²) in [5.41, 5.74) is 6.09. The van der Waals surface area contributed by atoms with Crippen LogP contribution in [0.1, 0.15) is 49.4 Å². The lowest BCUT2D eigenvalue weighted by atomic mass is 10.2. The van der Waals surface area contributed by atoms with Crippen molar-refractivity contribution in [2.75, 3.05) is 31.1 Å². The van der Waals surface area contributed by atoms with E-state index in [2.05, 4.69) is 20.0 Å². The molecule has 1 saturated carbocycles. The number of hydrogen-bond donors (Lipinski definition) is 1. The fourth-order valence-electron chi connectivity index (χ4n) is 2.99. The van der Waals surface area contributed by atoms with Crippen LogP contribution in [-0.4, -0.2) is 58.2 Å². The Balaban J connectivity index is 0.00000169. The van der Waals surface area contributed by atoms with Crippen molar-refractivity contribution in [3.8, 4) is 0 Å². The highest BCUT2D eigenvalue weighted by atomic mass is 127. The van der Waals surface area contributed by atoms with Gasteiger partial charge in [-0.1, -0.05) is 5.16 Å². The first-order valence-electron chi connectivity index (χ1n) is 8.41. The van der Waals surface area contributed by atoms with Crippen LogP contribution in [0.2, 0.25) is 0 Å².